The van der Waals surface area contributed by atoms with Crippen molar-refractivity contribution < 1.29 is 13.6 Å². The fourth-order valence-corrected chi connectivity index (χ4v) is 2.61. The van der Waals surface area contributed by atoms with E-state index >= 15 is 0 Å². The van der Waals surface area contributed by atoms with Gasteiger partial charge in [0.2, 0.25) is 0 Å². The largest absolute Gasteiger partial charge is 0.361 e. The van der Waals surface area contributed by atoms with Gasteiger partial charge in [-0.25, -0.2) is 8.78 Å². The molecule has 0 aliphatic rings. The highest BCUT2D eigenvalue weighted by molar-refractivity contribution is 5.96. The van der Waals surface area contributed by atoms with Crippen molar-refractivity contribution in [1.82, 2.24) is 4.98 Å². The maximum Gasteiger partial charge on any atom is 0.166 e. The van der Waals surface area contributed by atoms with Gasteiger partial charge in [-0.15, -0.1) is 0 Å². The van der Waals surface area contributed by atoms with Crippen molar-refractivity contribution in [3.8, 4) is 0 Å². The summed E-state index contributed by atoms with van der Waals surface area (Å²) >= 11 is 0. The lowest BCUT2D eigenvalue weighted by Crippen LogP contribution is -2.04. The second-order valence-electron chi connectivity index (χ2n) is 5.41. The maximum atomic E-state index is 13.6. The Balaban J connectivity index is 1.77. The Labute approximate surface area is 126 Å². The molecular formula is C18H15F2NO. The molecule has 0 aliphatic heterocycles. The van der Waals surface area contributed by atoms with Crippen LogP contribution >= 0.6 is 0 Å². The zero-order chi connectivity index (χ0) is 15.7. The Morgan fingerprint density at radius 1 is 1.14 bits per heavy atom. The predicted octanol–water partition coefficient (Wildman–Crippen LogP) is 4.57. The van der Waals surface area contributed by atoms with Gasteiger partial charge >= 0.3 is 0 Å². The Bertz CT molecular complexity index is 851. The van der Waals surface area contributed by atoms with Gasteiger partial charge in [-0.05, 0) is 42.7 Å². The van der Waals surface area contributed by atoms with Crippen LogP contribution in [0.15, 0.2) is 42.6 Å². The van der Waals surface area contributed by atoms with E-state index in [2.05, 4.69) is 4.98 Å². The van der Waals surface area contributed by atoms with Crippen molar-refractivity contribution in [3.63, 3.8) is 0 Å². The number of hydrogen-bond acceptors (Lipinski definition) is 1. The van der Waals surface area contributed by atoms with Gasteiger partial charge in [0.05, 0.1) is 5.56 Å². The molecule has 0 atom stereocenters. The molecule has 1 aromatic heterocycles. The fraction of sp³-hybridized carbons (Fsp3) is 0.167. The van der Waals surface area contributed by atoms with E-state index < -0.39 is 11.6 Å². The lowest BCUT2D eigenvalue weighted by molar-refractivity contribution is 0.0979. The lowest BCUT2D eigenvalue weighted by Gasteiger charge is -2.03. The van der Waals surface area contributed by atoms with E-state index in [4.69, 9.17) is 0 Å². The number of carbonyl (C=O) groups is 1. The van der Waals surface area contributed by atoms with Gasteiger partial charge in [0, 0.05) is 29.6 Å². The molecule has 2 aromatic carbocycles. The molecule has 0 spiro atoms. The number of benzene rings is 2. The molecule has 22 heavy (non-hydrogen) atoms. The van der Waals surface area contributed by atoms with Gasteiger partial charge in [-0.3, -0.25) is 4.79 Å². The molecular weight excluding hydrogens is 284 g/mol. The smallest absolute Gasteiger partial charge is 0.166 e. The number of halogens is 2. The van der Waals surface area contributed by atoms with Gasteiger partial charge in [-0.1, -0.05) is 12.1 Å². The molecule has 0 amide bonds. The van der Waals surface area contributed by atoms with Gasteiger partial charge in [0.25, 0.3) is 0 Å². The van der Waals surface area contributed by atoms with Gasteiger partial charge < -0.3 is 4.98 Å². The highest BCUT2D eigenvalue weighted by Gasteiger charge is 2.13. The molecule has 0 saturated heterocycles. The monoisotopic (exact) mass is 299 g/mol. The zero-order valence-electron chi connectivity index (χ0n) is 12.1. The molecule has 0 bridgehead atoms. The van der Waals surface area contributed by atoms with Crippen LogP contribution in [0.25, 0.3) is 10.9 Å². The van der Waals surface area contributed by atoms with Crippen LogP contribution in [0.1, 0.15) is 27.9 Å². The summed E-state index contributed by atoms with van der Waals surface area (Å²) in [6.45, 7) is 2.01. The summed E-state index contributed by atoms with van der Waals surface area (Å²) in [5.41, 5.74) is 3.14. The number of ketones is 1. The van der Waals surface area contributed by atoms with Crippen molar-refractivity contribution in [2.45, 2.75) is 19.8 Å². The van der Waals surface area contributed by atoms with E-state index in [1.165, 1.54) is 6.07 Å². The second-order valence-corrected chi connectivity index (χ2v) is 5.41. The average Bonchev–Trinajstić information content (AvgIpc) is 2.87. The molecule has 4 heteroatoms. The minimum Gasteiger partial charge on any atom is -0.361 e. The summed E-state index contributed by atoms with van der Waals surface area (Å²) in [7, 11) is 0. The molecule has 0 aliphatic carbocycles. The zero-order valence-corrected chi connectivity index (χ0v) is 12.1. The second kappa shape index (κ2) is 5.72. The van der Waals surface area contributed by atoms with E-state index in [0.717, 1.165) is 34.2 Å². The molecule has 2 nitrogen and oxygen atoms in total. The summed E-state index contributed by atoms with van der Waals surface area (Å²) in [6, 6.07) is 9.11. The van der Waals surface area contributed by atoms with Crippen LogP contribution in [0.4, 0.5) is 8.78 Å². The average molecular weight is 299 g/mol. The topological polar surface area (TPSA) is 32.9 Å². The van der Waals surface area contributed by atoms with Crippen LogP contribution < -0.4 is 0 Å². The number of fused-ring (bicyclic) bond motifs is 1. The minimum absolute atomic E-state index is 0.0583. The Morgan fingerprint density at radius 2 is 1.95 bits per heavy atom. The molecule has 3 aromatic rings. The Hall–Kier alpha value is -2.49. The predicted molar refractivity (Wildman–Crippen MR) is 82.0 cm³/mol. The first-order valence-electron chi connectivity index (χ1n) is 7.09. The Kier molecular flexibility index (Phi) is 3.75. The van der Waals surface area contributed by atoms with Gasteiger partial charge in [0.1, 0.15) is 11.6 Å². The first kappa shape index (κ1) is 14.4. The summed E-state index contributed by atoms with van der Waals surface area (Å²) in [4.78, 5) is 15.3. The van der Waals surface area contributed by atoms with Crippen LogP contribution in [0.2, 0.25) is 0 Å². The quantitative estimate of drug-likeness (QED) is 0.703. The number of Topliss-reactive ketones (excluding diaryl/α,β-unsaturated/α-hetero) is 1. The SMILES string of the molecule is Cc1ccc2c(CCC(=O)c3ccc(F)cc3F)c[nH]c2c1. The van der Waals surface area contributed by atoms with Gasteiger partial charge in [-0.2, -0.15) is 0 Å². The van der Waals surface area contributed by atoms with E-state index in [1.807, 2.05) is 31.3 Å². The standard InChI is InChI=1S/C18H15F2NO/c1-11-2-5-14-12(10-21-17(14)8-11)3-7-18(22)15-6-4-13(19)9-16(15)20/h2,4-6,8-10,21H,3,7H2,1H3. The number of nitrogens with one attached hydrogen (secondary N) is 1. The third-order valence-electron chi connectivity index (χ3n) is 3.78. The maximum absolute atomic E-state index is 13.6. The number of aryl methyl sites for hydroxylation is 2. The van der Waals surface area contributed by atoms with Crippen molar-refractivity contribution >= 4 is 16.7 Å². The molecule has 0 unspecified atom stereocenters. The lowest BCUT2D eigenvalue weighted by atomic mass is 10.0. The van der Waals surface area contributed by atoms with E-state index in [-0.39, 0.29) is 17.8 Å². The summed E-state index contributed by atoms with van der Waals surface area (Å²) in [6.07, 6.45) is 2.57. The number of H-pyrrole nitrogens is 1. The van der Waals surface area contributed by atoms with Crippen molar-refractivity contribution in [1.29, 1.82) is 0 Å². The van der Waals surface area contributed by atoms with Crippen molar-refractivity contribution in [2.24, 2.45) is 0 Å². The first-order valence-corrected chi connectivity index (χ1v) is 7.09. The molecule has 0 saturated carbocycles. The molecule has 0 fully saturated rings. The normalized spacial score (nSPS) is 11.0. The molecule has 1 N–H and O–H groups in total. The summed E-state index contributed by atoms with van der Waals surface area (Å²) in [5, 5.41) is 1.07. The van der Waals surface area contributed by atoms with Gasteiger partial charge in [0.15, 0.2) is 5.78 Å². The summed E-state index contributed by atoms with van der Waals surface area (Å²) < 4.78 is 26.5. The van der Waals surface area contributed by atoms with E-state index in [0.29, 0.717) is 6.42 Å². The van der Waals surface area contributed by atoms with Crippen LogP contribution in [0.5, 0.6) is 0 Å². The number of aromatic nitrogens is 1. The number of aromatic amines is 1. The molecule has 1 heterocycles. The van der Waals surface area contributed by atoms with Crippen LogP contribution in [-0.4, -0.2) is 10.8 Å². The van der Waals surface area contributed by atoms with Crippen LogP contribution in [0, 0.1) is 18.6 Å². The fourth-order valence-electron chi connectivity index (χ4n) is 2.61. The number of carbonyl (C=O) groups excluding carboxylic acids is 1. The highest BCUT2D eigenvalue weighted by Crippen LogP contribution is 2.21. The summed E-state index contributed by atoms with van der Waals surface area (Å²) in [5.74, 6) is -1.81. The number of rotatable bonds is 4. The Morgan fingerprint density at radius 3 is 2.73 bits per heavy atom. The molecule has 3 rings (SSSR count). The third kappa shape index (κ3) is 2.77. The van der Waals surface area contributed by atoms with Crippen LogP contribution in [0.3, 0.4) is 0 Å². The van der Waals surface area contributed by atoms with Crippen molar-refractivity contribution in [3.05, 3.63) is 70.9 Å². The van der Waals surface area contributed by atoms with Crippen molar-refractivity contribution in [2.75, 3.05) is 0 Å². The molecule has 112 valence electrons. The first-order chi connectivity index (χ1) is 10.5. The highest BCUT2D eigenvalue weighted by atomic mass is 19.1. The number of hydrogen-bond donors (Lipinski definition) is 1. The minimum atomic E-state index is -0.806. The molecule has 0 radical (unpaired) electrons. The van der Waals surface area contributed by atoms with E-state index in [9.17, 15) is 13.6 Å². The third-order valence-corrected chi connectivity index (χ3v) is 3.78. The van der Waals surface area contributed by atoms with E-state index in [1.54, 1.807) is 0 Å². The van der Waals surface area contributed by atoms with Crippen LogP contribution in [-0.2, 0) is 6.42 Å².